The molecule has 1 N–H and O–H groups in total. The van der Waals surface area contributed by atoms with Crippen LogP contribution in [0, 0.1) is 6.92 Å². The van der Waals surface area contributed by atoms with E-state index in [2.05, 4.69) is 15.3 Å². The highest BCUT2D eigenvalue weighted by atomic mass is 16.5. The molecule has 94 valence electrons. The number of rotatable bonds is 5. The largest absolute Gasteiger partial charge is 0.485 e. The first kappa shape index (κ1) is 12.5. The second kappa shape index (κ2) is 6.12. The first-order valence-electron chi connectivity index (χ1n) is 5.93. The van der Waals surface area contributed by atoms with Gasteiger partial charge in [-0.25, -0.2) is 0 Å². The fourth-order valence-corrected chi connectivity index (χ4v) is 1.66. The monoisotopic (exact) mass is 243 g/mol. The van der Waals surface area contributed by atoms with Crippen LogP contribution in [0.3, 0.4) is 0 Å². The summed E-state index contributed by atoms with van der Waals surface area (Å²) in [7, 11) is 1.91. The van der Waals surface area contributed by atoms with E-state index in [4.69, 9.17) is 4.74 Å². The molecule has 2 aromatic heterocycles. The molecule has 4 nitrogen and oxygen atoms in total. The number of nitrogens with zero attached hydrogens (tertiary/aromatic N) is 2. The predicted molar refractivity (Wildman–Crippen MR) is 70.3 cm³/mol. The summed E-state index contributed by atoms with van der Waals surface area (Å²) in [6, 6.07) is 9.74. The normalized spacial score (nSPS) is 10.3. The zero-order chi connectivity index (χ0) is 12.8. The molecule has 0 saturated carbocycles. The number of pyridine rings is 2. The first-order chi connectivity index (χ1) is 8.79. The molecule has 4 heteroatoms. The Balaban J connectivity index is 2.02. The zero-order valence-corrected chi connectivity index (χ0v) is 10.7. The molecule has 0 aliphatic heterocycles. The van der Waals surface area contributed by atoms with Crippen LogP contribution in [-0.2, 0) is 13.2 Å². The predicted octanol–water partition coefficient (Wildman–Crippen LogP) is 2.08. The molecule has 0 amide bonds. The highest BCUT2D eigenvalue weighted by Gasteiger charge is 2.01. The van der Waals surface area contributed by atoms with Crippen molar-refractivity contribution in [3.63, 3.8) is 0 Å². The van der Waals surface area contributed by atoms with Crippen molar-refractivity contribution in [3.05, 3.63) is 53.6 Å². The lowest BCUT2D eigenvalue weighted by Crippen LogP contribution is -2.08. The molecule has 0 aliphatic carbocycles. The summed E-state index contributed by atoms with van der Waals surface area (Å²) in [4.78, 5) is 8.68. The van der Waals surface area contributed by atoms with Crippen LogP contribution in [0.25, 0.3) is 0 Å². The Labute approximate surface area is 107 Å². The number of aromatic nitrogens is 2. The molecule has 0 atom stereocenters. The SMILES string of the molecule is CNCc1cccc(COc2cccnc2C)n1. The molecule has 0 aliphatic rings. The van der Waals surface area contributed by atoms with Gasteiger partial charge in [-0.1, -0.05) is 6.07 Å². The van der Waals surface area contributed by atoms with Gasteiger partial charge >= 0.3 is 0 Å². The van der Waals surface area contributed by atoms with E-state index in [1.807, 2.05) is 44.3 Å². The third-order valence-corrected chi connectivity index (χ3v) is 2.56. The van der Waals surface area contributed by atoms with Crippen molar-refractivity contribution in [2.24, 2.45) is 0 Å². The zero-order valence-electron chi connectivity index (χ0n) is 10.7. The topological polar surface area (TPSA) is 47.0 Å². The molecule has 2 rings (SSSR count). The van der Waals surface area contributed by atoms with Gasteiger partial charge < -0.3 is 10.1 Å². The highest BCUT2D eigenvalue weighted by Crippen LogP contribution is 2.15. The average Bonchev–Trinajstić information content (AvgIpc) is 2.39. The summed E-state index contributed by atoms with van der Waals surface area (Å²) in [6.45, 7) is 3.16. The Kier molecular flexibility index (Phi) is 4.25. The molecule has 0 unspecified atom stereocenters. The van der Waals surface area contributed by atoms with Crippen LogP contribution in [0.4, 0.5) is 0 Å². The van der Waals surface area contributed by atoms with Crippen molar-refractivity contribution in [2.75, 3.05) is 7.05 Å². The van der Waals surface area contributed by atoms with Crippen molar-refractivity contribution in [1.82, 2.24) is 15.3 Å². The van der Waals surface area contributed by atoms with Gasteiger partial charge in [0.25, 0.3) is 0 Å². The molecule has 0 spiro atoms. The maximum absolute atomic E-state index is 5.71. The van der Waals surface area contributed by atoms with E-state index in [1.54, 1.807) is 6.20 Å². The van der Waals surface area contributed by atoms with Crippen molar-refractivity contribution in [1.29, 1.82) is 0 Å². The molecular weight excluding hydrogens is 226 g/mol. The summed E-state index contributed by atoms with van der Waals surface area (Å²) in [5, 5.41) is 3.08. The molecule has 0 aromatic carbocycles. The minimum absolute atomic E-state index is 0.462. The highest BCUT2D eigenvalue weighted by molar-refractivity contribution is 5.25. The van der Waals surface area contributed by atoms with E-state index in [1.165, 1.54) is 0 Å². The second-order valence-electron chi connectivity index (χ2n) is 4.03. The van der Waals surface area contributed by atoms with E-state index in [0.717, 1.165) is 29.4 Å². The Morgan fingerprint density at radius 1 is 1.17 bits per heavy atom. The molecule has 0 bridgehead atoms. The second-order valence-corrected chi connectivity index (χ2v) is 4.03. The summed E-state index contributed by atoms with van der Waals surface area (Å²) >= 11 is 0. The van der Waals surface area contributed by atoms with Gasteiger partial charge in [0.2, 0.25) is 0 Å². The Bertz CT molecular complexity index is 514. The van der Waals surface area contributed by atoms with Gasteiger partial charge in [0.1, 0.15) is 12.4 Å². The third-order valence-electron chi connectivity index (χ3n) is 2.56. The van der Waals surface area contributed by atoms with Crippen LogP contribution in [0.1, 0.15) is 17.1 Å². The Morgan fingerprint density at radius 2 is 2.00 bits per heavy atom. The molecule has 18 heavy (non-hydrogen) atoms. The van der Waals surface area contributed by atoms with Crippen LogP contribution in [0.5, 0.6) is 5.75 Å². The maximum atomic E-state index is 5.71. The van der Waals surface area contributed by atoms with Gasteiger partial charge in [-0.2, -0.15) is 0 Å². The Morgan fingerprint density at radius 3 is 2.78 bits per heavy atom. The van der Waals surface area contributed by atoms with Crippen molar-refractivity contribution in [3.8, 4) is 5.75 Å². The fourth-order valence-electron chi connectivity index (χ4n) is 1.66. The number of nitrogens with one attached hydrogen (secondary N) is 1. The Hall–Kier alpha value is -1.94. The lowest BCUT2D eigenvalue weighted by atomic mass is 10.3. The van der Waals surface area contributed by atoms with Gasteiger partial charge in [-0.3, -0.25) is 9.97 Å². The summed E-state index contributed by atoms with van der Waals surface area (Å²) in [6.07, 6.45) is 1.76. The van der Waals surface area contributed by atoms with Gasteiger partial charge in [0.15, 0.2) is 0 Å². The smallest absolute Gasteiger partial charge is 0.141 e. The van der Waals surface area contributed by atoms with Crippen molar-refractivity contribution >= 4 is 0 Å². The number of ether oxygens (including phenoxy) is 1. The fraction of sp³-hybridized carbons (Fsp3) is 0.286. The molecular formula is C14H17N3O. The van der Waals surface area contributed by atoms with E-state index in [-0.39, 0.29) is 0 Å². The summed E-state index contributed by atoms with van der Waals surface area (Å²) < 4.78 is 5.71. The third kappa shape index (κ3) is 3.28. The van der Waals surface area contributed by atoms with Crippen molar-refractivity contribution < 1.29 is 4.74 Å². The average molecular weight is 243 g/mol. The van der Waals surface area contributed by atoms with Gasteiger partial charge in [0, 0.05) is 12.7 Å². The quantitative estimate of drug-likeness (QED) is 0.873. The number of hydrogen-bond donors (Lipinski definition) is 1. The first-order valence-corrected chi connectivity index (χ1v) is 5.93. The van der Waals surface area contributed by atoms with E-state index in [0.29, 0.717) is 6.61 Å². The molecule has 0 fully saturated rings. The van der Waals surface area contributed by atoms with E-state index >= 15 is 0 Å². The molecule has 2 aromatic rings. The van der Waals surface area contributed by atoms with Crippen LogP contribution in [-0.4, -0.2) is 17.0 Å². The molecule has 0 radical (unpaired) electrons. The number of aryl methyl sites for hydroxylation is 1. The standard InChI is InChI=1S/C14H17N3O/c1-11-14(7-4-8-16-11)18-10-13-6-3-5-12(17-13)9-15-2/h3-8,15H,9-10H2,1-2H3. The van der Waals surface area contributed by atoms with Crippen LogP contribution in [0.2, 0.25) is 0 Å². The minimum atomic E-state index is 0.462. The lowest BCUT2D eigenvalue weighted by Gasteiger charge is -2.08. The van der Waals surface area contributed by atoms with Gasteiger partial charge in [-0.05, 0) is 38.2 Å². The van der Waals surface area contributed by atoms with Crippen LogP contribution < -0.4 is 10.1 Å². The van der Waals surface area contributed by atoms with Crippen molar-refractivity contribution in [2.45, 2.75) is 20.1 Å². The van der Waals surface area contributed by atoms with Gasteiger partial charge in [-0.15, -0.1) is 0 Å². The lowest BCUT2D eigenvalue weighted by molar-refractivity contribution is 0.297. The minimum Gasteiger partial charge on any atom is -0.485 e. The van der Waals surface area contributed by atoms with Crippen LogP contribution >= 0.6 is 0 Å². The summed E-state index contributed by atoms with van der Waals surface area (Å²) in [5.41, 5.74) is 2.83. The molecule has 2 heterocycles. The number of hydrogen-bond acceptors (Lipinski definition) is 4. The summed E-state index contributed by atoms with van der Waals surface area (Å²) in [5.74, 6) is 0.804. The van der Waals surface area contributed by atoms with E-state index in [9.17, 15) is 0 Å². The molecule has 0 saturated heterocycles. The van der Waals surface area contributed by atoms with Crippen LogP contribution in [0.15, 0.2) is 36.5 Å². The van der Waals surface area contributed by atoms with E-state index < -0.39 is 0 Å². The van der Waals surface area contributed by atoms with Gasteiger partial charge in [0.05, 0.1) is 17.1 Å². The maximum Gasteiger partial charge on any atom is 0.141 e.